The fourth-order valence-electron chi connectivity index (χ4n) is 7.36. The van der Waals surface area contributed by atoms with Crippen LogP contribution in [0.25, 0.3) is 94.6 Å². The number of pyridine rings is 1. The van der Waals surface area contributed by atoms with Gasteiger partial charge in [-0.1, -0.05) is 156 Å². The Hall–Kier alpha value is -6.35. The van der Waals surface area contributed by atoms with E-state index in [0.717, 1.165) is 94.6 Å². The Morgan fingerprint density at radius 2 is 1.15 bits per heavy atom. The molecule has 10 aromatic rings. The minimum Gasteiger partial charge on any atom is -0.656 e. The van der Waals surface area contributed by atoms with Crippen LogP contribution in [0.3, 0.4) is 0 Å². The molecule has 0 N–H and O–H groups in total. The number of hydrogen-bond acceptors (Lipinski definition) is 2. The molecule has 3 aromatic heterocycles. The first-order chi connectivity index (χ1) is 25.8. The molecular formula is C48H30N4Pt. The molecule has 0 spiro atoms. The maximum Gasteiger partial charge on any atom is 2.00 e. The third-order valence-electron chi connectivity index (χ3n) is 9.81. The quantitative estimate of drug-likeness (QED) is 0.157. The van der Waals surface area contributed by atoms with Crippen LogP contribution >= 0.6 is 0 Å². The zero-order valence-corrected chi connectivity index (χ0v) is 30.7. The van der Waals surface area contributed by atoms with Gasteiger partial charge in [-0.15, -0.1) is 34.8 Å². The Bertz CT molecular complexity index is 2890. The topological polar surface area (TPSA) is 44.8 Å². The van der Waals surface area contributed by atoms with Crippen LogP contribution in [0.15, 0.2) is 182 Å². The summed E-state index contributed by atoms with van der Waals surface area (Å²) < 4.78 is 2.26. The summed E-state index contributed by atoms with van der Waals surface area (Å²) in [5.41, 5.74) is 14.1. The molecule has 53 heavy (non-hydrogen) atoms. The van der Waals surface area contributed by atoms with E-state index in [1.807, 2.05) is 24.4 Å². The number of nitrogens with zero attached hydrogens (tertiary/aromatic N) is 4. The molecule has 10 rings (SSSR count). The maximum atomic E-state index is 5.50. The normalized spacial score (nSPS) is 11.2. The number of para-hydroxylation sites is 4. The van der Waals surface area contributed by atoms with Gasteiger partial charge in [-0.25, -0.2) is 4.98 Å². The first kappa shape index (κ1) is 32.5. The van der Waals surface area contributed by atoms with E-state index in [4.69, 9.17) is 15.0 Å². The molecule has 0 saturated carbocycles. The Morgan fingerprint density at radius 3 is 1.94 bits per heavy atom. The molecule has 0 saturated heterocycles. The molecular weight excluding hydrogens is 828 g/mol. The predicted octanol–water partition coefficient (Wildman–Crippen LogP) is 11.8. The molecule has 0 atom stereocenters. The van der Waals surface area contributed by atoms with Gasteiger partial charge in [0.2, 0.25) is 0 Å². The van der Waals surface area contributed by atoms with Crippen molar-refractivity contribution in [3.63, 3.8) is 0 Å². The molecule has 0 radical (unpaired) electrons. The predicted molar refractivity (Wildman–Crippen MR) is 213 cm³/mol. The molecule has 0 aliphatic rings. The Balaban J connectivity index is 0.00000372. The molecule has 3 heterocycles. The zero-order chi connectivity index (χ0) is 34.4. The summed E-state index contributed by atoms with van der Waals surface area (Å²) in [6.07, 6.45) is 1.89. The summed E-state index contributed by atoms with van der Waals surface area (Å²) in [6, 6.07) is 65.0. The average Bonchev–Trinajstić information content (AvgIpc) is 3.81. The molecule has 252 valence electrons. The van der Waals surface area contributed by atoms with Gasteiger partial charge in [0.05, 0.1) is 11.0 Å². The summed E-state index contributed by atoms with van der Waals surface area (Å²) in [5.74, 6) is 0.846. The van der Waals surface area contributed by atoms with Crippen LogP contribution < -0.4 is 4.98 Å². The van der Waals surface area contributed by atoms with Crippen LogP contribution in [-0.2, 0) is 21.1 Å². The van der Waals surface area contributed by atoms with Gasteiger partial charge in [0.15, 0.2) is 0 Å². The molecule has 0 fully saturated rings. The SMILES string of the molecule is [Pt+2].[c-]1c(-c2cc(-c3ccccc3)ccn2)cc(-c2ccccc2)cc1-c1cccc2c1nc(-c1cccc3c1[n-]c1ccccc13)n2-c1ccccc1. The van der Waals surface area contributed by atoms with Crippen LogP contribution in [0.1, 0.15) is 0 Å². The number of benzene rings is 7. The van der Waals surface area contributed by atoms with Crippen molar-refractivity contribution in [1.29, 1.82) is 0 Å². The van der Waals surface area contributed by atoms with Crippen molar-refractivity contribution in [3.05, 3.63) is 188 Å². The van der Waals surface area contributed by atoms with Gasteiger partial charge in [-0.2, -0.15) is 0 Å². The molecule has 0 aliphatic heterocycles. The molecule has 0 amide bonds. The average molecular weight is 858 g/mol. The summed E-state index contributed by atoms with van der Waals surface area (Å²) in [5, 5.41) is 2.27. The van der Waals surface area contributed by atoms with Gasteiger partial charge >= 0.3 is 21.1 Å². The van der Waals surface area contributed by atoms with E-state index in [1.54, 1.807) is 0 Å². The minimum atomic E-state index is 0. The summed E-state index contributed by atoms with van der Waals surface area (Å²) in [6.45, 7) is 0. The smallest absolute Gasteiger partial charge is 0.656 e. The minimum absolute atomic E-state index is 0. The van der Waals surface area contributed by atoms with Gasteiger partial charge in [-0.3, -0.25) is 9.55 Å². The molecule has 7 aromatic carbocycles. The van der Waals surface area contributed by atoms with Crippen molar-refractivity contribution in [2.24, 2.45) is 0 Å². The van der Waals surface area contributed by atoms with Gasteiger partial charge in [0, 0.05) is 23.1 Å². The number of imidazole rings is 1. The fraction of sp³-hybridized carbons (Fsp3) is 0. The maximum absolute atomic E-state index is 5.50. The second-order valence-corrected chi connectivity index (χ2v) is 13.0. The van der Waals surface area contributed by atoms with Crippen LogP contribution in [-0.4, -0.2) is 14.5 Å². The molecule has 4 nitrogen and oxygen atoms in total. The first-order valence-electron chi connectivity index (χ1n) is 17.4. The van der Waals surface area contributed by atoms with E-state index in [9.17, 15) is 0 Å². The van der Waals surface area contributed by atoms with E-state index in [0.29, 0.717) is 0 Å². The van der Waals surface area contributed by atoms with Crippen molar-refractivity contribution in [1.82, 2.24) is 19.5 Å². The van der Waals surface area contributed by atoms with E-state index in [2.05, 4.69) is 168 Å². The number of rotatable bonds is 6. The molecule has 0 unspecified atom stereocenters. The fourth-order valence-corrected chi connectivity index (χ4v) is 7.36. The Labute approximate surface area is 321 Å². The third-order valence-corrected chi connectivity index (χ3v) is 9.81. The second kappa shape index (κ2) is 13.7. The van der Waals surface area contributed by atoms with Crippen LogP contribution in [0.2, 0.25) is 0 Å². The molecule has 0 bridgehead atoms. The van der Waals surface area contributed by atoms with Crippen molar-refractivity contribution < 1.29 is 21.1 Å². The van der Waals surface area contributed by atoms with Crippen LogP contribution in [0, 0.1) is 6.07 Å². The molecule has 0 aliphatic carbocycles. The summed E-state index contributed by atoms with van der Waals surface area (Å²) in [4.78, 5) is 15.5. The standard InChI is InChI=1S/C48H30N4.Pt/c1-4-14-32(15-5-1)34-26-27-49-44(31-34)37-29-35(33-16-6-2-7-17-33)28-36(30-37)39-21-13-25-45-47(39)51-48(52(45)38-18-8-3-9-19-38)42-23-12-22-41-40-20-10-11-24-43(40)50-46(41)42;/h1-29,31H;/q-2;+2. The number of hydrogen-bond donors (Lipinski definition) is 0. The van der Waals surface area contributed by atoms with E-state index >= 15 is 0 Å². The van der Waals surface area contributed by atoms with Gasteiger partial charge < -0.3 is 4.98 Å². The van der Waals surface area contributed by atoms with Crippen molar-refractivity contribution >= 4 is 32.8 Å². The van der Waals surface area contributed by atoms with E-state index in [-0.39, 0.29) is 21.1 Å². The summed E-state index contributed by atoms with van der Waals surface area (Å²) >= 11 is 0. The Kier molecular flexibility index (Phi) is 8.38. The first-order valence-corrected chi connectivity index (χ1v) is 17.4. The second-order valence-electron chi connectivity index (χ2n) is 13.0. The van der Waals surface area contributed by atoms with Gasteiger partial charge in [0.1, 0.15) is 5.82 Å². The van der Waals surface area contributed by atoms with Crippen molar-refractivity contribution in [3.8, 4) is 61.7 Å². The summed E-state index contributed by atoms with van der Waals surface area (Å²) in [7, 11) is 0. The zero-order valence-electron chi connectivity index (χ0n) is 28.4. The number of fused-ring (bicyclic) bond motifs is 4. The van der Waals surface area contributed by atoms with Gasteiger partial charge in [0.25, 0.3) is 0 Å². The Morgan fingerprint density at radius 1 is 0.509 bits per heavy atom. The monoisotopic (exact) mass is 857 g/mol. The van der Waals surface area contributed by atoms with Gasteiger partial charge in [-0.05, 0) is 51.7 Å². The van der Waals surface area contributed by atoms with Crippen LogP contribution in [0.4, 0.5) is 0 Å². The van der Waals surface area contributed by atoms with Crippen molar-refractivity contribution in [2.75, 3.05) is 0 Å². The van der Waals surface area contributed by atoms with Crippen molar-refractivity contribution in [2.45, 2.75) is 0 Å². The van der Waals surface area contributed by atoms with E-state index < -0.39 is 0 Å². The van der Waals surface area contributed by atoms with Crippen LogP contribution in [0.5, 0.6) is 0 Å². The van der Waals surface area contributed by atoms with E-state index in [1.165, 1.54) is 0 Å². The number of aromatic nitrogens is 4. The third kappa shape index (κ3) is 5.78. The largest absolute Gasteiger partial charge is 2.00 e. The molecule has 5 heteroatoms.